The van der Waals surface area contributed by atoms with Gasteiger partial charge in [-0.3, -0.25) is 4.90 Å². The van der Waals surface area contributed by atoms with Gasteiger partial charge in [0.15, 0.2) is 11.9 Å². The number of carbonyl (C=O) groups excluding carboxylic acids is 1. The third-order valence-corrected chi connectivity index (χ3v) is 4.69. The third-order valence-electron chi connectivity index (χ3n) is 4.45. The van der Waals surface area contributed by atoms with E-state index >= 15 is 0 Å². The first-order valence-electron chi connectivity index (χ1n) is 7.82. The summed E-state index contributed by atoms with van der Waals surface area (Å²) in [6.45, 7) is 0. The van der Waals surface area contributed by atoms with Gasteiger partial charge in [-0.1, -0.05) is 29.8 Å². The van der Waals surface area contributed by atoms with Crippen LogP contribution >= 0.6 is 11.6 Å². The Morgan fingerprint density at radius 2 is 1.88 bits per heavy atom. The van der Waals surface area contributed by atoms with E-state index < -0.39 is 18.2 Å². The van der Waals surface area contributed by atoms with Gasteiger partial charge in [0.05, 0.1) is 12.0 Å². The Kier molecular flexibility index (Phi) is 3.05. The first kappa shape index (κ1) is 14.4. The van der Waals surface area contributed by atoms with Gasteiger partial charge in [0, 0.05) is 10.6 Å². The number of halogens is 1. The van der Waals surface area contributed by atoms with Gasteiger partial charge in [0.25, 0.3) is 0 Å². The van der Waals surface area contributed by atoms with E-state index in [9.17, 15) is 4.79 Å². The summed E-state index contributed by atoms with van der Waals surface area (Å²) in [6.07, 6.45) is 0.530. The number of ether oxygens (including phenoxy) is 2. The monoisotopic (exact) mass is 353 g/mol. The molecule has 0 aliphatic carbocycles. The molecule has 0 N–H and O–H groups in total. The lowest BCUT2D eigenvalue weighted by molar-refractivity contribution is 0.117. The Morgan fingerprint density at radius 1 is 1.00 bits per heavy atom. The second-order valence-electron chi connectivity index (χ2n) is 5.89. The highest BCUT2D eigenvalue weighted by Crippen LogP contribution is 2.53. The van der Waals surface area contributed by atoms with Crippen molar-refractivity contribution in [3.8, 4) is 11.5 Å². The average molecular weight is 354 g/mol. The normalized spacial score (nSPS) is 20.8. The van der Waals surface area contributed by atoms with Crippen LogP contribution in [0, 0.1) is 0 Å². The minimum absolute atomic E-state index is 0.408. The molecule has 1 amide bonds. The van der Waals surface area contributed by atoms with Crippen molar-refractivity contribution in [2.45, 2.75) is 12.1 Å². The van der Waals surface area contributed by atoms with Crippen molar-refractivity contribution < 1.29 is 18.7 Å². The Hall–Kier alpha value is -2.92. The van der Waals surface area contributed by atoms with E-state index in [1.165, 1.54) is 0 Å². The van der Waals surface area contributed by atoms with Crippen molar-refractivity contribution in [2.75, 3.05) is 4.90 Å². The van der Waals surface area contributed by atoms with Gasteiger partial charge >= 0.3 is 6.09 Å². The zero-order valence-electron chi connectivity index (χ0n) is 12.9. The van der Waals surface area contributed by atoms with Crippen molar-refractivity contribution in [3.63, 3.8) is 0 Å². The Morgan fingerprint density at radius 3 is 2.72 bits per heavy atom. The van der Waals surface area contributed by atoms with Crippen LogP contribution in [0.1, 0.15) is 23.5 Å². The summed E-state index contributed by atoms with van der Waals surface area (Å²) in [5, 5.41) is 0.515. The van der Waals surface area contributed by atoms with Crippen molar-refractivity contribution >= 4 is 23.4 Å². The lowest BCUT2D eigenvalue weighted by Gasteiger charge is -2.22. The molecule has 2 aromatic carbocycles. The number of hydrogen-bond acceptors (Lipinski definition) is 4. The van der Waals surface area contributed by atoms with E-state index in [1.54, 1.807) is 41.5 Å². The van der Waals surface area contributed by atoms with Crippen LogP contribution in [0.5, 0.6) is 11.5 Å². The minimum Gasteiger partial charge on any atom is -0.465 e. The number of hydrogen-bond donors (Lipinski definition) is 0. The van der Waals surface area contributed by atoms with Crippen molar-refractivity contribution in [2.24, 2.45) is 0 Å². The van der Waals surface area contributed by atoms with Gasteiger partial charge in [-0.05, 0) is 36.4 Å². The second-order valence-corrected chi connectivity index (χ2v) is 6.32. The summed E-state index contributed by atoms with van der Waals surface area (Å²) < 4.78 is 17.2. The van der Waals surface area contributed by atoms with Crippen LogP contribution in [0.15, 0.2) is 65.3 Å². The number of cyclic esters (lactones) is 1. The third kappa shape index (κ3) is 2.13. The van der Waals surface area contributed by atoms with Gasteiger partial charge < -0.3 is 13.9 Å². The largest absolute Gasteiger partial charge is 0.465 e. The smallest absolute Gasteiger partial charge is 0.415 e. The second kappa shape index (κ2) is 5.29. The van der Waals surface area contributed by atoms with Crippen LogP contribution in [-0.4, -0.2) is 6.09 Å². The van der Waals surface area contributed by atoms with E-state index in [1.807, 2.05) is 24.3 Å². The molecule has 2 atom stereocenters. The number of furan rings is 1. The summed E-state index contributed by atoms with van der Waals surface area (Å²) in [4.78, 5) is 14.3. The Labute approximate surface area is 148 Å². The average Bonchev–Trinajstić information content (AvgIpc) is 3.21. The zero-order chi connectivity index (χ0) is 17.0. The maximum atomic E-state index is 12.7. The molecule has 0 spiro atoms. The predicted molar refractivity (Wildman–Crippen MR) is 91.1 cm³/mol. The van der Waals surface area contributed by atoms with E-state index in [-0.39, 0.29) is 0 Å². The summed E-state index contributed by atoms with van der Waals surface area (Å²) in [5.41, 5.74) is 1.43. The molecule has 124 valence electrons. The van der Waals surface area contributed by atoms with E-state index in [0.717, 1.165) is 5.56 Å². The maximum absolute atomic E-state index is 12.7. The summed E-state index contributed by atoms with van der Waals surface area (Å²) in [6, 6.07) is 16.0. The van der Waals surface area contributed by atoms with Crippen molar-refractivity contribution in [3.05, 3.63) is 77.2 Å². The molecule has 1 aromatic heterocycles. The number of nitrogens with zero attached hydrogens (tertiary/aromatic N) is 1. The first-order chi connectivity index (χ1) is 12.2. The molecule has 6 heteroatoms. The van der Waals surface area contributed by atoms with Crippen LogP contribution in [0.2, 0.25) is 5.02 Å². The van der Waals surface area contributed by atoms with Gasteiger partial charge in [0.2, 0.25) is 0 Å². The fourth-order valence-corrected chi connectivity index (χ4v) is 3.56. The van der Waals surface area contributed by atoms with Crippen molar-refractivity contribution in [1.29, 1.82) is 0 Å². The summed E-state index contributed by atoms with van der Waals surface area (Å²) in [7, 11) is 0. The Balaban J connectivity index is 1.77. The lowest BCUT2D eigenvalue weighted by Crippen LogP contribution is -2.27. The van der Waals surface area contributed by atoms with Crippen LogP contribution in [-0.2, 0) is 4.74 Å². The van der Waals surface area contributed by atoms with Gasteiger partial charge in [0.1, 0.15) is 17.6 Å². The maximum Gasteiger partial charge on any atom is 0.415 e. The fourth-order valence-electron chi connectivity index (χ4n) is 3.40. The molecule has 5 nitrogen and oxygen atoms in total. The molecule has 0 bridgehead atoms. The van der Waals surface area contributed by atoms with Gasteiger partial charge in [-0.25, -0.2) is 4.79 Å². The highest BCUT2D eigenvalue weighted by atomic mass is 35.5. The lowest BCUT2D eigenvalue weighted by atomic mass is 9.98. The van der Waals surface area contributed by atoms with Gasteiger partial charge in [-0.2, -0.15) is 0 Å². The Bertz CT molecular complexity index is 969. The molecule has 1 unspecified atom stereocenters. The SMILES string of the molecule is O=C1OC(c2ccco2)[C@@H]2c3ccccc3Oc3ccc(Cl)cc3N12. The molecule has 25 heavy (non-hydrogen) atoms. The number of fused-ring (bicyclic) bond motifs is 5. The first-order valence-corrected chi connectivity index (χ1v) is 8.20. The molecule has 3 heterocycles. The molecule has 0 radical (unpaired) electrons. The number of anilines is 1. The summed E-state index contributed by atoms with van der Waals surface area (Å²) in [5.74, 6) is 1.81. The molecular weight excluding hydrogens is 342 g/mol. The molecule has 5 rings (SSSR count). The van der Waals surface area contributed by atoms with Crippen LogP contribution in [0.25, 0.3) is 0 Å². The molecule has 2 aliphatic heterocycles. The number of para-hydroxylation sites is 1. The molecule has 0 saturated carbocycles. The van der Waals surface area contributed by atoms with Crippen molar-refractivity contribution in [1.82, 2.24) is 0 Å². The van der Waals surface area contributed by atoms with Gasteiger partial charge in [-0.15, -0.1) is 0 Å². The molecule has 1 saturated heterocycles. The quantitative estimate of drug-likeness (QED) is 0.581. The van der Waals surface area contributed by atoms with Crippen LogP contribution in [0.4, 0.5) is 10.5 Å². The standard InChI is InChI=1S/C19H12ClNO4/c20-11-7-8-15-13(10-11)21-17(12-4-1-2-5-14(12)24-15)18(25-19(21)22)16-6-3-9-23-16/h1-10,17-18H/t17-,18?/m0/s1. The number of rotatable bonds is 1. The van der Waals surface area contributed by atoms with E-state index in [0.29, 0.717) is 28.0 Å². The minimum atomic E-state index is -0.572. The van der Waals surface area contributed by atoms with E-state index in [2.05, 4.69) is 0 Å². The predicted octanol–water partition coefficient (Wildman–Crippen LogP) is 5.48. The number of amides is 1. The highest BCUT2D eigenvalue weighted by Gasteiger charge is 2.49. The van der Waals surface area contributed by atoms with E-state index in [4.69, 9.17) is 25.5 Å². The molecule has 2 aliphatic rings. The zero-order valence-corrected chi connectivity index (χ0v) is 13.6. The summed E-state index contributed by atoms with van der Waals surface area (Å²) >= 11 is 6.16. The topological polar surface area (TPSA) is 51.9 Å². The number of benzene rings is 2. The van der Waals surface area contributed by atoms with Crippen LogP contribution < -0.4 is 9.64 Å². The highest BCUT2D eigenvalue weighted by molar-refractivity contribution is 6.31. The van der Waals surface area contributed by atoms with Crippen LogP contribution in [0.3, 0.4) is 0 Å². The molecule has 1 fully saturated rings. The fraction of sp³-hybridized carbons (Fsp3) is 0.105. The molecule has 3 aromatic rings. The number of carbonyl (C=O) groups is 1. The molecular formula is C19H12ClNO4.